The molecule has 0 aliphatic carbocycles. The third-order valence-corrected chi connectivity index (χ3v) is 5.85. The van der Waals surface area contributed by atoms with Crippen molar-refractivity contribution in [2.24, 2.45) is 0 Å². The Morgan fingerprint density at radius 2 is 2.03 bits per heavy atom. The summed E-state index contributed by atoms with van der Waals surface area (Å²) in [5.74, 6) is -1.55. The second kappa shape index (κ2) is 9.79. The maximum Gasteiger partial charge on any atom is 0.560 e. The van der Waals surface area contributed by atoms with Gasteiger partial charge in [-0.3, -0.25) is 9.32 Å². The van der Waals surface area contributed by atoms with Crippen molar-refractivity contribution >= 4 is 46.3 Å². The fraction of sp³-hybridized carbons (Fsp3) is 0.0952. The number of benzene rings is 2. The first kappa shape index (κ1) is 23.5. The van der Waals surface area contributed by atoms with Crippen molar-refractivity contribution in [2.75, 3.05) is 18.4 Å². The van der Waals surface area contributed by atoms with Crippen LogP contribution < -0.4 is 21.9 Å². The standard InChI is InChI=1S/C21H15BBrFN6O6/c23-15-10-13(3-4-16(15)24)30-19(29-35-21(30)32)17-18(28-36-27-17)25-6-7-26-20(31)12-2-1-11-5-8-34-22(33)14(11)9-12/h1-5,8-10,33H,6-7H2,(H,25,28)(H,26,31). The highest BCUT2D eigenvalue weighted by Crippen LogP contribution is 2.26. The normalized spacial score (nSPS) is 12.2. The summed E-state index contributed by atoms with van der Waals surface area (Å²) in [5.41, 5.74) is 1.96. The van der Waals surface area contributed by atoms with E-state index in [9.17, 15) is 19.0 Å². The molecule has 3 N–H and O–H groups in total. The zero-order valence-corrected chi connectivity index (χ0v) is 19.7. The maximum atomic E-state index is 13.6. The number of anilines is 1. The van der Waals surface area contributed by atoms with Gasteiger partial charge in [-0.1, -0.05) is 11.2 Å². The Labute approximate surface area is 210 Å². The summed E-state index contributed by atoms with van der Waals surface area (Å²) in [7, 11) is -1.14. The molecule has 3 heterocycles. The van der Waals surface area contributed by atoms with Crippen LogP contribution in [-0.4, -0.2) is 51.2 Å². The minimum absolute atomic E-state index is 0.0184. The quantitative estimate of drug-likeness (QED) is 0.224. The Morgan fingerprint density at radius 1 is 1.17 bits per heavy atom. The Hall–Kier alpha value is -4.24. The number of carbonyl (C=O) groups is 1. The molecule has 1 amide bonds. The SMILES string of the molecule is O=C(NCCNc1nonc1-c1noc(=O)n1-c1ccc(F)c(Br)c1)c1ccc2c(c1)B(O)OC=C2. The van der Waals surface area contributed by atoms with Crippen molar-refractivity contribution in [1.82, 2.24) is 25.4 Å². The largest absolute Gasteiger partial charge is 0.560 e. The van der Waals surface area contributed by atoms with Crippen LogP contribution in [0.2, 0.25) is 0 Å². The number of amides is 1. The van der Waals surface area contributed by atoms with Crippen molar-refractivity contribution < 1.29 is 28.0 Å². The lowest BCUT2D eigenvalue weighted by atomic mass is 9.74. The van der Waals surface area contributed by atoms with Crippen LogP contribution in [0.1, 0.15) is 15.9 Å². The van der Waals surface area contributed by atoms with Crippen LogP contribution in [-0.2, 0) is 4.65 Å². The van der Waals surface area contributed by atoms with Crippen LogP contribution in [0, 0.1) is 5.82 Å². The summed E-state index contributed by atoms with van der Waals surface area (Å²) in [6, 6.07) is 8.86. The van der Waals surface area contributed by atoms with Crippen molar-refractivity contribution in [3.8, 4) is 17.2 Å². The molecule has 0 atom stereocenters. The summed E-state index contributed by atoms with van der Waals surface area (Å²) in [6.45, 7) is 0.411. The molecule has 1 aliphatic rings. The molecule has 0 spiro atoms. The van der Waals surface area contributed by atoms with Gasteiger partial charge in [0.2, 0.25) is 11.6 Å². The van der Waals surface area contributed by atoms with Gasteiger partial charge < -0.3 is 20.3 Å². The van der Waals surface area contributed by atoms with Crippen molar-refractivity contribution in [2.45, 2.75) is 0 Å². The molecule has 12 nitrogen and oxygen atoms in total. The molecule has 5 rings (SSSR count). The van der Waals surface area contributed by atoms with Gasteiger partial charge in [0.25, 0.3) is 5.91 Å². The van der Waals surface area contributed by atoms with Crippen molar-refractivity contribution in [1.29, 1.82) is 0 Å². The summed E-state index contributed by atoms with van der Waals surface area (Å²) < 4.78 is 29.5. The number of fused-ring (bicyclic) bond motifs is 1. The highest BCUT2D eigenvalue weighted by atomic mass is 79.9. The van der Waals surface area contributed by atoms with Crippen LogP contribution in [0.15, 0.2) is 61.1 Å². The van der Waals surface area contributed by atoms with Gasteiger partial charge in [0, 0.05) is 24.1 Å². The monoisotopic (exact) mass is 556 g/mol. The van der Waals surface area contributed by atoms with Gasteiger partial charge in [0.05, 0.1) is 16.4 Å². The second-order valence-corrected chi connectivity index (χ2v) is 8.34. The number of nitrogens with one attached hydrogen (secondary N) is 2. The summed E-state index contributed by atoms with van der Waals surface area (Å²) in [5, 5.41) is 26.9. The lowest BCUT2D eigenvalue weighted by Crippen LogP contribution is -2.37. The predicted molar refractivity (Wildman–Crippen MR) is 128 cm³/mol. The van der Waals surface area contributed by atoms with E-state index in [1.165, 1.54) is 24.5 Å². The van der Waals surface area contributed by atoms with Gasteiger partial charge in [0.15, 0.2) is 5.69 Å². The molecule has 0 unspecified atom stereocenters. The van der Waals surface area contributed by atoms with E-state index < -0.39 is 18.7 Å². The van der Waals surface area contributed by atoms with Crippen LogP contribution in [0.4, 0.5) is 10.2 Å². The Bertz CT molecular complexity index is 1540. The highest BCUT2D eigenvalue weighted by Gasteiger charge is 2.25. The van der Waals surface area contributed by atoms with Gasteiger partial charge >= 0.3 is 12.9 Å². The molecule has 36 heavy (non-hydrogen) atoms. The first-order chi connectivity index (χ1) is 17.4. The molecule has 0 saturated heterocycles. The van der Waals surface area contributed by atoms with E-state index in [1.807, 2.05) is 0 Å². The predicted octanol–water partition coefficient (Wildman–Crippen LogP) is 1.31. The molecule has 0 saturated carbocycles. The fourth-order valence-electron chi connectivity index (χ4n) is 3.50. The molecular weight excluding hydrogens is 542 g/mol. The van der Waals surface area contributed by atoms with Gasteiger partial charge in [-0.25, -0.2) is 18.4 Å². The van der Waals surface area contributed by atoms with E-state index in [2.05, 4.69) is 42.0 Å². The summed E-state index contributed by atoms with van der Waals surface area (Å²) in [6.07, 6.45) is 3.09. The Kier molecular flexibility index (Phi) is 6.39. The lowest BCUT2D eigenvalue weighted by molar-refractivity contribution is 0.0955. The number of halogens is 2. The van der Waals surface area contributed by atoms with E-state index in [0.717, 1.165) is 10.1 Å². The Balaban J connectivity index is 1.26. The third kappa shape index (κ3) is 4.53. The van der Waals surface area contributed by atoms with Gasteiger partial charge in [-0.15, -0.1) is 0 Å². The van der Waals surface area contributed by atoms with Gasteiger partial charge in [-0.2, -0.15) is 0 Å². The number of aromatic nitrogens is 4. The van der Waals surface area contributed by atoms with Crippen molar-refractivity contribution in [3.05, 3.63) is 74.6 Å². The number of rotatable bonds is 7. The molecule has 0 fully saturated rings. The minimum atomic E-state index is -1.14. The van der Waals surface area contributed by atoms with Crippen LogP contribution >= 0.6 is 15.9 Å². The number of carbonyl (C=O) groups excluding carboxylic acids is 1. The topological polar surface area (TPSA) is 158 Å². The molecule has 182 valence electrons. The average Bonchev–Trinajstić information content (AvgIpc) is 3.49. The molecule has 4 aromatic rings. The van der Waals surface area contributed by atoms with E-state index in [0.29, 0.717) is 11.0 Å². The van der Waals surface area contributed by atoms with Crippen LogP contribution in [0.3, 0.4) is 0 Å². The molecule has 0 bridgehead atoms. The highest BCUT2D eigenvalue weighted by molar-refractivity contribution is 9.10. The molecule has 1 aliphatic heterocycles. The number of nitrogens with zero attached hydrogens (tertiary/aromatic N) is 4. The summed E-state index contributed by atoms with van der Waals surface area (Å²) in [4.78, 5) is 24.8. The summed E-state index contributed by atoms with van der Waals surface area (Å²) >= 11 is 3.08. The van der Waals surface area contributed by atoms with Crippen molar-refractivity contribution in [3.63, 3.8) is 0 Å². The first-order valence-corrected chi connectivity index (χ1v) is 11.2. The first-order valence-electron chi connectivity index (χ1n) is 10.5. The van der Waals surface area contributed by atoms with Gasteiger partial charge in [-0.05, 0) is 68.2 Å². The zero-order chi connectivity index (χ0) is 25.2. The smallest absolute Gasteiger partial charge is 0.538 e. The third-order valence-electron chi connectivity index (χ3n) is 5.24. The maximum absolute atomic E-state index is 13.6. The lowest BCUT2D eigenvalue weighted by Gasteiger charge is -2.15. The molecule has 15 heteroatoms. The van der Waals surface area contributed by atoms with Crippen LogP contribution in [0.5, 0.6) is 0 Å². The molecular formula is C21H15BBrFN6O6. The van der Waals surface area contributed by atoms with Gasteiger partial charge in [0.1, 0.15) is 5.82 Å². The molecule has 2 aromatic heterocycles. The fourth-order valence-corrected chi connectivity index (χ4v) is 3.87. The molecule has 2 aromatic carbocycles. The number of hydrogen-bond acceptors (Lipinski definition) is 10. The Morgan fingerprint density at radius 3 is 2.86 bits per heavy atom. The zero-order valence-electron chi connectivity index (χ0n) is 18.1. The van der Waals surface area contributed by atoms with Crippen LogP contribution in [0.25, 0.3) is 23.3 Å². The van der Waals surface area contributed by atoms with E-state index in [-0.39, 0.29) is 46.5 Å². The molecule has 0 radical (unpaired) electrons. The average molecular weight is 557 g/mol. The second-order valence-electron chi connectivity index (χ2n) is 7.48. The van der Waals surface area contributed by atoms with E-state index in [4.69, 9.17) is 13.8 Å². The van der Waals surface area contributed by atoms with E-state index >= 15 is 0 Å². The minimum Gasteiger partial charge on any atom is -0.538 e. The number of hydrogen-bond donors (Lipinski definition) is 3. The van der Waals surface area contributed by atoms with E-state index in [1.54, 1.807) is 24.3 Å².